The molecule has 4 N–H and O–H groups in total. The molecule has 2 aromatic carbocycles. The first-order valence-electron chi connectivity index (χ1n) is 12.1. The van der Waals surface area contributed by atoms with Crippen molar-refractivity contribution in [3.8, 4) is 11.5 Å². The molecule has 0 aliphatic carbocycles. The highest BCUT2D eigenvalue weighted by Gasteiger charge is 2.42. The van der Waals surface area contributed by atoms with Gasteiger partial charge >= 0.3 is 0 Å². The Kier molecular flexibility index (Phi) is 7.24. The van der Waals surface area contributed by atoms with Gasteiger partial charge in [0.1, 0.15) is 17.1 Å². The summed E-state index contributed by atoms with van der Waals surface area (Å²) in [5.74, 6) is 0.436. The van der Waals surface area contributed by atoms with Crippen LogP contribution in [0.3, 0.4) is 0 Å². The first-order chi connectivity index (χ1) is 17.8. The Bertz CT molecular complexity index is 1410. The topological polar surface area (TPSA) is 97.9 Å². The summed E-state index contributed by atoms with van der Waals surface area (Å²) in [6.07, 6.45) is 2.29. The summed E-state index contributed by atoms with van der Waals surface area (Å²) in [4.78, 5) is 22.9. The van der Waals surface area contributed by atoms with Gasteiger partial charge in [0, 0.05) is 35.2 Å². The third-order valence-electron chi connectivity index (χ3n) is 6.85. The van der Waals surface area contributed by atoms with Gasteiger partial charge in [0.2, 0.25) is 5.91 Å². The lowest BCUT2D eigenvalue weighted by Crippen LogP contribution is -2.51. The molecule has 1 saturated heterocycles. The van der Waals surface area contributed by atoms with Crippen LogP contribution in [0.25, 0.3) is 11.5 Å². The van der Waals surface area contributed by atoms with Crippen molar-refractivity contribution in [2.75, 3.05) is 18.4 Å². The van der Waals surface area contributed by atoms with Crippen molar-refractivity contribution < 1.29 is 9.18 Å². The Hall–Kier alpha value is -2.95. The number of thioether (sulfide) groups is 1. The summed E-state index contributed by atoms with van der Waals surface area (Å²) in [6.45, 7) is 5.76. The monoisotopic (exact) mass is 582 g/mol. The molecule has 0 aromatic heterocycles. The molecule has 10 heteroatoms. The van der Waals surface area contributed by atoms with Crippen LogP contribution in [0.5, 0.6) is 0 Å². The Morgan fingerprint density at radius 1 is 1.24 bits per heavy atom. The maximum atomic E-state index is 13.4. The minimum Gasteiger partial charge on any atom is -0.380 e. The minimum absolute atomic E-state index is 0.267. The lowest BCUT2D eigenvalue weighted by Gasteiger charge is -2.36. The number of primary amides is 1. The maximum absolute atomic E-state index is 13.4. The molecule has 1 amide bonds. The molecule has 7 nitrogen and oxygen atoms in total. The molecule has 0 radical (unpaired) electrons. The number of imidazole rings is 1. The number of hydrogen-bond acceptors (Lipinski definition) is 6. The molecule has 3 aliphatic heterocycles. The molecule has 1 fully saturated rings. The van der Waals surface area contributed by atoms with Crippen molar-refractivity contribution in [1.29, 1.82) is 0 Å². The number of halogens is 2. The Morgan fingerprint density at radius 2 is 2.00 bits per heavy atom. The predicted molar refractivity (Wildman–Crippen MR) is 148 cm³/mol. The molecule has 1 unspecified atom stereocenters. The molecule has 1 atom stereocenters. The van der Waals surface area contributed by atoms with E-state index in [9.17, 15) is 9.18 Å². The van der Waals surface area contributed by atoms with E-state index in [2.05, 4.69) is 26.6 Å². The third kappa shape index (κ3) is 4.97. The van der Waals surface area contributed by atoms with Crippen LogP contribution in [0.1, 0.15) is 30.0 Å². The molecular formula is C27H28BrFN6OS. The van der Waals surface area contributed by atoms with E-state index in [0.717, 1.165) is 39.9 Å². The standard InChI is InChI=1S/C27H28BrFN6OS/c1-3-27(25(30)36,22-11-20(9-4-16(22)2)32-21-12-31-13-21)35-14-18(28)10-23-24(35)34-26(33-23)37-15-17-5-7-19(29)8-6-17/h4-11,14,21,31-32H,3,12-13,15H2,1-2H3,(H2,30,36). The Morgan fingerprint density at radius 3 is 2.65 bits per heavy atom. The van der Waals surface area contributed by atoms with E-state index in [1.54, 1.807) is 12.1 Å². The molecule has 5 rings (SSSR count). The molecule has 3 aliphatic rings. The van der Waals surface area contributed by atoms with Gasteiger partial charge in [-0.1, -0.05) is 36.9 Å². The second-order valence-corrected chi connectivity index (χ2v) is 11.1. The highest BCUT2D eigenvalue weighted by Crippen LogP contribution is 2.40. The number of nitrogens with two attached hydrogens (primary N) is 1. The van der Waals surface area contributed by atoms with Gasteiger partial charge in [0.15, 0.2) is 11.0 Å². The highest BCUT2D eigenvalue weighted by molar-refractivity contribution is 9.10. The second-order valence-electron chi connectivity index (χ2n) is 9.27. The van der Waals surface area contributed by atoms with Crippen molar-refractivity contribution >= 4 is 39.3 Å². The van der Waals surface area contributed by atoms with Crippen LogP contribution in [0.2, 0.25) is 0 Å². The van der Waals surface area contributed by atoms with E-state index in [4.69, 9.17) is 15.7 Å². The summed E-state index contributed by atoms with van der Waals surface area (Å²) in [7, 11) is 0. The van der Waals surface area contributed by atoms with E-state index in [0.29, 0.717) is 34.9 Å². The Labute approximate surface area is 227 Å². The number of fused-ring (bicyclic) bond motifs is 1. The van der Waals surface area contributed by atoms with Crippen LogP contribution >= 0.6 is 27.7 Å². The SMILES string of the molecule is CCC(C(N)=O)(c1cc(NC2CNC2)ccc1C)n1cc(Br)cc2nc(SCc3ccc(F)cc3)nc1-2. The average molecular weight is 584 g/mol. The number of pyridine rings is 1. The number of nitrogens with one attached hydrogen (secondary N) is 2. The number of anilines is 1. The summed E-state index contributed by atoms with van der Waals surface area (Å²) in [6, 6.07) is 14.7. The van der Waals surface area contributed by atoms with Gasteiger partial charge in [-0.2, -0.15) is 0 Å². The van der Waals surface area contributed by atoms with Crippen LogP contribution < -0.4 is 16.4 Å². The Balaban J connectivity index is 1.58. The first kappa shape index (κ1) is 25.7. The van der Waals surface area contributed by atoms with Gasteiger partial charge in [-0.05, 0) is 76.3 Å². The van der Waals surface area contributed by atoms with Crippen molar-refractivity contribution in [2.45, 2.75) is 42.8 Å². The fraction of sp³-hybridized carbons (Fsp3) is 0.296. The van der Waals surface area contributed by atoms with Crippen molar-refractivity contribution in [3.05, 3.63) is 81.7 Å². The number of nitrogens with zero attached hydrogens (tertiary/aromatic N) is 3. The quantitative estimate of drug-likeness (QED) is 0.243. The summed E-state index contributed by atoms with van der Waals surface area (Å²) in [5.41, 5.74) is 9.39. The summed E-state index contributed by atoms with van der Waals surface area (Å²) in [5, 5.41) is 7.37. The number of amides is 1. The predicted octanol–water partition coefficient (Wildman–Crippen LogP) is 4.91. The number of hydrogen-bond donors (Lipinski definition) is 3. The van der Waals surface area contributed by atoms with Gasteiger partial charge in [-0.3, -0.25) is 4.79 Å². The molecule has 0 bridgehead atoms. The van der Waals surface area contributed by atoms with Crippen LogP contribution in [0.15, 0.2) is 64.4 Å². The zero-order valence-corrected chi connectivity index (χ0v) is 23.0. The number of rotatable bonds is 9. The van der Waals surface area contributed by atoms with Gasteiger partial charge < -0.3 is 20.9 Å². The van der Waals surface area contributed by atoms with Crippen LogP contribution in [-0.2, 0) is 16.1 Å². The smallest absolute Gasteiger partial charge is 0.248 e. The van der Waals surface area contributed by atoms with E-state index >= 15 is 0 Å². The normalized spacial score (nSPS) is 15.4. The summed E-state index contributed by atoms with van der Waals surface area (Å²) >= 11 is 5.06. The van der Waals surface area contributed by atoms with Gasteiger partial charge in [-0.25, -0.2) is 14.4 Å². The van der Waals surface area contributed by atoms with Crippen molar-refractivity contribution in [3.63, 3.8) is 0 Å². The zero-order valence-electron chi connectivity index (χ0n) is 20.6. The highest BCUT2D eigenvalue weighted by atomic mass is 79.9. The lowest BCUT2D eigenvalue weighted by atomic mass is 9.82. The summed E-state index contributed by atoms with van der Waals surface area (Å²) < 4.78 is 15.9. The molecule has 2 aromatic rings. The van der Waals surface area contributed by atoms with E-state index in [-0.39, 0.29) is 5.82 Å². The van der Waals surface area contributed by atoms with Crippen molar-refractivity contribution in [2.24, 2.45) is 5.73 Å². The molecule has 0 spiro atoms. The first-order valence-corrected chi connectivity index (χ1v) is 13.9. The zero-order chi connectivity index (χ0) is 26.2. The molecular weight excluding hydrogens is 555 g/mol. The van der Waals surface area contributed by atoms with Crippen LogP contribution in [0, 0.1) is 12.7 Å². The molecule has 192 valence electrons. The maximum Gasteiger partial charge on any atom is 0.248 e. The van der Waals surface area contributed by atoms with E-state index in [1.807, 2.05) is 48.9 Å². The van der Waals surface area contributed by atoms with E-state index in [1.165, 1.54) is 23.9 Å². The largest absolute Gasteiger partial charge is 0.380 e. The van der Waals surface area contributed by atoms with Gasteiger partial charge in [0.25, 0.3) is 0 Å². The average Bonchev–Trinajstić information content (AvgIpc) is 3.26. The molecule has 0 saturated carbocycles. The minimum atomic E-state index is -1.18. The number of benzene rings is 2. The third-order valence-corrected chi connectivity index (χ3v) is 8.20. The van der Waals surface area contributed by atoms with Crippen molar-refractivity contribution in [1.82, 2.24) is 19.9 Å². The lowest BCUT2D eigenvalue weighted by molar-refractivity contribution is -0.124. The fourth-order valence-electron chi connectivity index (χ4n) is 4.74. The van der Waals surface area contributed by atoms with Crippen LogP contribution in [0.4, 0.5) is 10.1 Å². The molecule has 37 heavy (non-hydrogen) atoms. The fourth-order valence-corrected chi connectivity index (χ4v) is 5.96. The number of carbonyl (C=O) groups excluding carboxylic acids is 1. The molecule has 3 heterocycles. The number of aryl methyl sites for hydroxylation is 1. The van der Waals surface area contributed by atoms with Crippen LogP contribution in [-0.4, -0.2) is 39.6 Å². The van der Waals surface area contributed by atoms with E-state index < -0.39 is 11.4 Å². The number of aromatic nitrogens is 3. The second kappa shape index (κ2) is 10.4. The van der Waals surface area contributed by atoms with Gasteiger partial charge in [0.05, 0.1) is 6.04 Å². The van der Waals surface area contributed by atoms with Gasteiger partial charge in [-0.15, -0.1) is 0 Å². The number of carbonyl (C=O) groups is 1.